The van der Waals surface area contributed by atoms with Crippen LogP contribution in [0.2, 0.25) is 5.02 Å². The summed E-state index contributed by atoms with van der Waals surface area (Å²) in [5.41, 5.74) is 0.262. The molecule has 0 aromatic heterocycles. The van der Waals surface area contributed by atoms with E-state index in [9.17, 15) is 21.6 Å². The van der Waals surface area contributed by atoms with Crippen molar-refractivity contribution in [1.82, 2.24) is 9.21 Å². The largest absolute Gasteiger partial charge is 0.325 e. The van der Waals surface area contributed by atoms with Crippen molar-refractivity contribution in [3.63, 3.8) is 0 Å². The Kier molecular flexibility index (Phi) is 8.01. The first-order valence-corrected chi connectivity index (χ1v) is 14.3. The van der Waals surface area contributed by atoms with Gasteiger partial charge in [-0.25, -0.2) is 16.8 Å². The van der Waals surface area contributed by atoms with Crippen molar-refractivity contribution in [1.29, 1.82) is 0 Å². The van der Waals surface area contributed by atoms with Gasteiger partial charge in [0, 0.05) is 32.1 Å². The Morgan fingerprint density at radius 1 is 1.26 bits per heavy atom. The first kappa shape index (κ1) is 24.4. The Bertz CT molecular complexity index is 1010. The Hall–Kier alpha value is -1.20. The molecule has 8 nitrogen and oxygen atoms in total. The van der Waals surface area contributed by atoms with Gasteiger partial charge in [-0.1, -0.05) is 18.5 Å². The lowest BCUT2D eigenvalue weighted by Gasteiger charge is -2.27. The predicted octanol–water partition coefficient (Wildman–Crippen LogP) is 2.35. The van der Waals surface area contributed by atoms with Crippen LogP contribution < -0.4 is 5.32 Å². The van der Waals surface area contributed by atoms with Gasteiger partial charge in [0.05, 0.1) is 27.1 Å². The van der Waals surface area contributed by atoms with E-state index in [1.54, 1.807) is 0 Å². The van der Waals surface area contributed by atoms with E-state index in [0.717, 1.165) is 25.8 Å². The lowest BCUT2D eigenvalue weighted by atomic mass is 10.2. The molecule has 0 spiro atoms. The van der Waals surface area contributed by atoms with Crippen LogP contribution in [0, 0.1) is 0 Å². The zero-order valence-electron chi connectivity index (χ0n) is 17.7. The number of benzene rings is 1. The lowest BCUT2D eigenvalue weighted by molar-refractivity contribution is -0.116. The fourth-order valence-corrected chi connectivity index (χ4v) is 7.59. The van der Waals surface area contributed by atoms with Crippen molar-refractivity contribution in [3.05, 3.63) is 23.2 Å². The molecule has 1 aromatic rings. The fraction of sp³-hybridized carbons (Fsp3) is 0.650. The Morgan fingerprint density at radius 2 is 1.97 bits per heavy atom. The number of hydrogen-bond acceptors (Lipinski definition) is 6. The molecule has 2 heterocycles. The Balaban J connectivity index is 1.64. The molecule has 1 unspecified atom stereocenters. The van der Waals surface area contributed by atoms with E-state index >= 15 is 0 Å². The minimum absolute atomic E-state index is 0.0599. The van der Waals surface area contributed by atoms with Gasteiger partial charge >= 0.3 is 0 Å². The number of halogens is 1. The summed E-state index contributed by atoms with van der Waals surface area (Å²) >= 11 is 6.20. The van der Waals surface area contributed by atoms with E-state index in [1.807, 2.05) is 6.92 Å². The zero-order valence-corrected chi connectivity index (χ0v) is 20.1. The molecule has 0 saturated carbocycles. The van der Waals surface area contributed by atoms with Gasteiger partial charge in [-0.15, -0.1) is 0 Å². The molecule has 1 amide bonds. The number of rotatable bonds is 9. The highest BCUT2D eigenvalue weighted by Crippen LogP contribution is 2.28. The van der Waals surface area contributed by atoms with Crippen LogP contribution >= 0.6 is 11.6 Å². The van der Waals surface area contributed by atoms with Gasteiger partial charge in [0.25, 0.3) is 0 Å². The monoisotopic (exact) mass is 491 g/mol. The average molecular weight is 492 g/mol. The fourth-order valence-electron chi connectivity index (χ4n) is 4.12. The lowest BCUT2D eigenvalue weighted by Crippen LogP contribution is -2.38. The van der Waals surface area contributed by atoms with Gasteiger partial charge in [0.15, 0.2) is 9.84 Å². The normalized spacial score (nSPS) is 21.6. The van der Waals surface area contributed by atoms with Crippen molar-refractivity contribution >= 4 is 43.1 Å². The maximum absolute atomic E-state index is 12.8. The molecular formula is C20H30ClN3O5S2. The van der Waals surface area contributed by atoms with E-state index in [4.69, 9.17) is 11.6 Å². The third-order valence-corrected chi connectivity index (χ3v) is 9.75. The van der Waals surface area contributed by atoms with Crippen LogP contribution in [-0.2, 0) is 24.7 Å². The second-order valence-corrected chi connectivity index (χ2v) is 12.7. The molecule has 0 bridgehead atoms. The molecule has 2 aliphatic rings. The molecule has 0 radical (unpaired) electrons. The molecule has 1 N–H and O–H groups in total. The number of sulfone groups is 1. The van der Waals surface area contributed by atoms with Crippen molar-refractivity contribution in [2.75, 3.05) is 43.0 Å². The number of carbonyl (C=O) groups is 1. The summed E-state index contributed by atoms with van der Waals surface area (Å²) in [5, 5.41) is 2.98. The molecule has 3 rings (SSSR count). The molecule has 31 heavy (non-hydrogen) atoms. The summed E-state index contributed by atoms with van der Waals surface area (Å²) in [6.45, 7) is 4.16. The van der Waals surface area contributed by atoms with Gasteiger partial charge in [-0.05, 0) is 50.4 Å². The van der Waals surface area contributed by atoms with E-state index in [-0.39, 0.29) is 45.5 Å². The molecular weight excluding hydrogens is 462 g/mol. The molecule has 2 fully saturated rings. The second kappa shape index (κ2) is 10.2. The van der Waals surface area contributed by atoms with Crippen molar-refractivity contribution in [3.8, 4) is 0 Å². The smallest absolute Gasteiger partial charge is 0.243 e. The molecule has 174 valence electrons. The molecule has 2 aliphatic heterocycles. The van der Waals surface area contributed by atoms with Crippen molar-refractivity contribution in [2.45, 2.75) is 50.0 Å². The van der Waals surface area contributed by atoms with Crippen molar-refractivity contribution < 1.29 is 21.6 Å². The van der Waals surface area contributed by atoms with E-state index in [2.05, 4.69) is 10.2 Å². The van der Waals surface area contributed by atoms with Crippen LogP contribution in [0.5, 0.6) is 0 Å². The standard InChI is InChI=1S/C20H30ClN3O5S2/c1-2-9-23(16-8-13-30(26,27)15-16)12-7-20(25)22-19-14-17(5-6-18(19)21)31(28,29)24-10-3-4-11-24/h5-6,14,16H,2-4,7-13,15H2,1H3,(H,22,25). The summed E-state index contributed by atoms with van der Waals surface area (Å²) in [7, 11) is -6.61. The first-order chi connectivity index (χ1) is 14.6. The second-order valence-electron chi connectivity index (χ2n) is 8.14. The van der Waals surface area contributed by atoms with Gasteiger partial charge in [-0.2, -0.15) is 4.31 Å². The first-order valence-electron chi connectivity index (χ1n) is 10.7. The number of anilines is 1. The zero-order chi connectivity index (χ0) is 22.6. The molecule has 2 saturated heterocycles. The maximum Gasteiger partial charge on any atom is 0.243 e. The quantitative estimate of drug-likeness (QED) is 0.568. The number of amides is 1. The number of nitrogens with one attached hydrogen (secondary N) is 1. The topological polar surface area (TPSA) is 104 Å². The summed E-state index contributed by atoms with van der Waals surface area (Å²) < 4.78 is 50.6. The summed E-state index contributed by atoms with van der Waals surface area (Å²) in [6.07, 6.45) is 3.29. The average Bonchev–Trinajstić information content (AvgIpc) is 3.37. The highest BCUT2D eigenvalue weighted by atomic mass is 35.5. The van der Waals surface area contributed by atoms with Gasteiger partial charge in [0.1, 0.15) is 0 Å². The number of sulfonamides is 1. The molecule has 11 heteroatoms. The number of hydrogen-bond donors (Lipinski definition) is 1. The number of carbonyl (C=O) groups excluding carboxylic acids is 1. The Morgan fingerprint density at radius 3 is 2.58 bits per heavy atom. The van der Waals surface area contributed by atoms with Crippen LogP contribution in [-0.4, -0.2) is 75.7 Å². The summed E-state index contributed by atoms with van der Waals surface area (Å²) in [4.78, 5) is 14.7. The number of nitrogens with zero attached hydrogens (tertiary/aromatic N) is 2. The van der Waals surface area contributed by atoms with E-state index in [1.165, 1.54) is 22.5 Å². The third-order valence-electron chi connectivity index (χ3n) is 5.78. The van der Waals surface area contributed by atoms with E-state index < -0.39 is 19.9 Å². The Labute approximate surface area is 189 Å². The van der Waals surface area contributed by atoms with Crippen LogP contribution in [0.4, 0.5) is 5.69 Å². The highest BCUT2D eigenvalue weighted by Gasteiger charge is 2.32. The highest BCUT2D eigenvalue weighted by molar-refractivity contribution is 7.91. The predicted molar refractivity (Wildman–Crippen MR) is 122 cm³/mol. The van der Waals surface area contributed by atoms with Crippen LogP contribution in [0.15, 0.2) is 23.1 Å². The summed E-state index contributed by atoms with van der Waals surface area (Å²) in [5.74, 6) is 0.0361. The molecule has 1 atom stereocenters. The minimum atomic E-state index is -3.61. The van der Waals surface area contributed by atoms with E-state index in [0.29, 0.717) is 26.1 Å². The molecule has 0 aliphatic carbocycles. The van der Waals surface area contributed by atoms with Gasteiger partial charge < -0.3 is 5.32 Å². The molecule has 1 aromatic carbocycles. The van der Waals surface area contributed by atoms with Crippen molar-refractivity contribution in [2.24, 2.45) is 0 Å². The van der Waals surface area contributed by atoms with Gasteiger partial charge in [0.2, 0.25) is 15.9 Å². The third kappa shape index (κ3) is 6.19. The van der Waals surface area contributed by atoms with Crippen LogP contribution in [0.1, 0.15) is 39.0 Å². The SMILES string of the molecule is CCCN(CCC(=O)Nc1cc(S(=O)(=O)N2CCCC2)ccc1Cl)C1CCS(=O)(=O)C1. The minimum Gasteiger partial charge on any atom is -0.325 e. The van der Waals surface area contributed by atoms with Crippen LogP contribution in [0.25, 0.3) is 0 Å². The van der Waals surface area contributed by atoms with Gasteiger partial charge in [-0.3, -0.25) is 9.69 Å². The van der Waals surface area contributed by atoms with Crippen LogP contribution in [0.3, 0.4) is 0 Å². The maximum atomic E-state index is 12.8. The summed E-state index contributed by atoms with van der Waals surface area (Å²) in [6, 6.07) is 4.28.